The molecule has 2 aliphatic heterocycles. The van der Waals surface area contributed by atoms with Crippen LogP contribution in [0.15, 0.2) is 42.5 Å². The van der Waals surface area contributed by atoms with Crippen LogP contribution in [-0.2, 0) is 22.6 Å². The molecule has 2 amide bonds. The van der Waals surface area contributed by atoms with Gasteiger partial charge in [0.25, 0.3) is 0 Å². The molecule has 4 rings (SSSR count). The van der Waals surface area contributed by atoms with E-state index in [1.54, 1.807) is 12.1 Å². The predicted molar refractivity (Wildman–Crippen MR) is 123 cm³/mol. The summed E-state index contributed by atoms with van der Waals surface area (Å²) in [5, 5.41) is 6.17. The van der Waals surface area contributed by atoms with Gasteiger partial charge in [-0.25, -0.2) is 0 Å². The molecule has 1 atom stereocenters. The Morgan fingerprint density at radius 2 is 1.71 bits per heavy atom. The molecule has 0 unspecified atom stereocenters. The molecule has 0 spiro atoms. The van der Waals surface area contributed by atoms with E-state index >= 15 is 0 Å². The van der Waals surface area contributed by atoms with E-state index in [1.165, 1.54) is 29.7 Å². The van der Waals surface area contributed by atoms with Crippen molar-refractivity contribution in [2.45, 2.75) is 31.8 Å². The molecule has 31 heavy (non-hydrogen) atoms. The summed E-state index contributed by atoms with van der Waals surface area (Å²) in [5.41, 5.74) is 4.74. The zero-order chi connectivity index (χ0) is 21.8. The lowest BCUT2D eigenvalue weighted by atomic mass is 10.0. The average molecular weight is 441 g/mol. The lowest BCUT2D eigenvalue weighted by Gasteiger charge is -2.28. The molecule has 6 nitrogen and oxygen atoms in total. The summed E-state index contributed by atoms with van der Waals surface area (Å²) in [6.07, 6.45) is 3.38. The largest absolute Gasteiger partial charge is 0.374 e. The second-order valence-corrected chi connectivity index (χ2v) is 8.77. The third-order valence-electron chi connectivity index (χ3n) is 6.23. The number of carbonyl (C=O) groups excluding carboxylic acids is 2. The number of nitrogens with one attached hydrogen (secondary N) is 2. The first-order chi connectivity index (χ1) is 15.0. The lowest BCUT2D eigenvalue weighted by Crippen LogP contribution is -2.43. The first kappa shape index (κ1) is 21.7. The molecule has 2 heterocycles. The predicted octanol–water partition coefficient (Wildman–Crippen LogP) is 2.90. The number of benzene rings is 2. The topological polar surface area (TPSA) is 64.7 Å². The van der Waals surface area contributed by atoms with Crippen molar-refractivity contribution in [2.24, 2.45) is 0 Å². The number of halogens is 1. The highest BCUT2D eigenvalue weighted by molar-refractivity contribution is 6.35. The van der Waals surface area contributed by atoms with Crippen molar-refractivity contribution in [1.82, 2.24) is 15.5 Å². The minimum atomic E-state index is -0.620. The van der Waals surface area contributed by atoms with E-state index in [1.807, 2.05) is 12.1 Å². The summed E-state index contributed by atoms with van der Waals surface area (Å²) in [6.45, 7) is 3.78. The first-order valence-electron chi connectivity index (χ1n) is 10.9. The Kier molecular flexibility index (Phi) is 6.78. The fourth-order valence-electron chi connectivity index (χ4n) is 4.44. The Labute approximate surface area is 188 Å². The van der Waals surface area contributed by atoms with Crippen LogP contribution in [0, 0.1) is 0 Å². The molecular formula is C24H29ClN4O2. The van der Waals surface area contributed by atoms with Crippen molar-refractivity contribution >= 4 is 29.1 Å². The van der Waals surface area contributed by atoms with Gasteiger partial charge in [-0.2, -0.15) is 0 Å². The fourth-order valence-corrected chi connectivity index (χ4v) is 4.57. The van der Waals surface area contributed by atoms with Gasteiger partial charge in [-0.15, -0.1) is 0 Å². The number of fused-ring (bicyclic) bond motifs is 1. The van der Waals surface area contributed by atoms with E-state index in [2.05, 4.69) is 45.7 Å². The number of nitrogens with zero attached hydrogens (tertiary/aromatic N) is 2. The number of amides is 2. The highest BCUT2D eigenvalue weighted by Gasteiger charge is 2.26. The molecule has 164 valence electrons. The fraction of sp³-hybridized carbons (Fsp3) is 0.417. The summed E-state index contributed by atoms with van der Waals surface area (Å²) < 4.78 is 0. The Morgan fingerprint density at radius 1 is 1.00 bits per heavy atom. The molecule has 2 aromatic carbocycles. The van der Waals surface area contributed by atoms with Crippen molar-refractivity contribution in [3.63, 3.8) is 0 Å². The molecular weight excluding hydrogens is 412 g/mol. The number of anilines is 1. The number of hydrogen-bond donors (Lipinski definition) is 2. The smallest absolute Gasteiger partial charge is 0.309 e. The Bertz CT molecular complexity index is 941. The van der Waals surface area contributed by atoms with E-state index in [4.69, 9.17) is 11.6 Å². The molecule has 0 aromatic heterocycles. The lowest BCUT2D eigenvalue weighted by molar-refractivity contribution is -0.139. The van der Waals surface area contributed by atoms with Gasteiger partial charge in [0.2, 0.25) is 0 Å². The van der Waals surface area contributed by atoms with Crippen LogP contribution in [0.2, 0.25) is 5.02 Å². The van der Waals surface area contributed by atoms with Crippen LogP contribution >= 0.6 is 11.6 Å². The summed E-state index contributed by atoms with van der Waals surface area (Å²) in [7, 11) is 2.12. The number of likely N-dealkylation sites (tertiary alicyclic amines) is 1. The maximum atomic E-state index is 12.4. The Balaban J connectivity index is 1.37. The standard InChI is InChI=1S/C24H29ClN4O2/c1-28-13-10-19-14-18(6-9-21(19)28)22(29-11-2-3-12-29)16-27-24(31)23(30)26-15-17-4-7-20(25)8-5-17/h4-9,14,22H,2-3,10-13,15-16H2,1H3,(H,26,30)(H,27,31)/t22-/m0/s1. The first-order valence-corrected chi connectivity index (χ1v) is 11.3. The third-order valence-corrected chi connectivity index (χ3v) is 6.48. The van der Waals surface area contributed by atoms with Gasteiger partial charge in [-0.1, -0.05) is 35.9 Å². The molecule has 0 radical (unpaired) electrons. The van der Waals surface area contributed by atoms with Crippen molar-refractivity contribution in [3.05, 3.63) is 64.2 Å². The molecule has 0 bridgehead atoms. The highest BCUT2D eigenvalue weighted by Crippen LogP contribution is 2.32. The zero-order valence-electron chi connectivity index (χ0n) is 17.9. The van der Waals surface area contributed by atoms with Gasteiger partial charge in [-0.05, 0) is 67.2 Å². The number of hydrogen-bond acceptors (Lipinski definition) is 4. The normalized spacial score (nSPS) is 16.8. The molecule has 0 aliphatic carbocycles. The number of rotatable bonds is 6. The molecule has 2 N–H and O–H groups in total. The average Bonchev–Trinajstić information content (AvgIpc) is 3.43. The summed E-state index contributed by atoms with van der Waals surface area (Å²) in [4.78, 5) is 29.4. The highest BCUT2D eigenvalue weighted by atomic mass is 35.5. The van der Waals surface area contributed by atoms with Crippen molar-refractivity contribution in [2.75, 3.05) is 38.1 Å². The molecule has 1 fully saturated rings. The van der Waals surface area contributed by atoms with Crippen molar-refractivity contribution in [3.8, 4) is 0 Å². The summed E-state index contributed by atoms with van der Waals surface area (Å²) >= 11 is 5.88. The van der Waals surface area contributed by atoms with E-state index < -0.39 is 11.8 Å². The van der Waals surface area contributed by atoms with Crippen LogP contribution in [0.25, 0.3) is 0 Å². The minimum Gasteiger partial charge on any atom is -0.374 e. The van der Waals surface area contributed by atoms with Gasteiger partial charge in [0, 0.05) is 37.4 Å². The second kappa shape index (κ2) is 9.71. The third kappa shape index (κ3) is 5.20. The number of carbonyl (C=O) groups is 2. The Morgan fingerprint density at radius 3 is 2.45 bits per heavy atom. The van der Waals surface area contributed by atoms with Crippen LogP contribution in [0.3, 0.4) is 0 Å². The van der Waals surface area contributed by atoms with E-state index in [9.17, 15) is 9.59 Å². The second-order valence-electron chi connectivity index (χ2n) is 8.34. The van der Waals surface area contributed by atoms with Gasteiger partial charge in [0.15, 0.2) is 0 Å². The minimum absolute atomic E-state index is 0.0757. The van der Waals surface area contributed by atoms with Crippen LogP contribution in [0.4, 0.5) is 5.69 Å². The monoisotopic (exact) mass is 440 g/mol. The van der Waals surface area contributed by atoms with Crippen LogP contribution in [0.1, 0.15) is 35.6 Å². The molecule has 2 aromatic rings. The van der Waals surface area contributed by atoms with E-state index in [0.29, 0.717) is 11.6 Å². The summed E-state index contributed by atoms with van der Waals surface area (Å²) in [6, 6.07) is 13.9. The Hall–Kier alpha value is -2.57. The van der Waals surface area contributed by atoms with E-state index in [-0.39, 0.29) is 12.6 Å². The quantitative estimate of drug-likeness (QED) is 0.678. The van der Waals surface area contributed by atoms with Gasteiger partial charge >= 0.3 is 11.8 Å². The maximum absolute atomic E-state index is 12.4. The van der Waals surface area contributed by atoms with E-state index in [0.717, 1.165) is 31.6 Å². The van der Waals surface area contributed by atoms with Gasteiger partial charge in [0.05, 0.1) is 6.04 Å². The SMILES string of the molecule is CN1CCc2cc([C@H](CNC(=O)C(=O)NCc3ccc(Cl)cc3)N3CCCC3)ccc21. The van der Waals surface area contributed by atoms with Gasteiger partial charge in [-0.3, -0.25) is 14.5 Å². The molecule has 1 saturated heterocycles. The van der Waals surface area contributed by atoms with Crippen molar-refractivity contribution < 1.29 is 9.59 Å². The van der Waals surface area contributed by atoms with Crippen molar-refractivity contribution in [1.29, 1.82) is 0 Å². The maximum Gasteiger partial charge on any atom is 0.309 e. The van der Waals surface area contributed by atoms with Crippen LogP contribution in [-0.4, -0.2) is 49.9 Å². The number of likely N-dealkylation sites (N-methyl/N-ethyl adjacent to an activating group) is 1. The molecule has 7 heteroatoms. The van der Waals surface area contributed by atoms with Crippen LogP contribution in [0.5, 0.6) is 0 Å². The molecule has 0 saturated carbocycles. The van der Waals surface area contributed by atoms with Gasteiger partial charge < -0.3 is 15.5 Å². The molecule has 2 aliphatic rings. The summed E-state index contributed by atoms with van der Waals surface area (Å²) in [5.74, 6) is -1.22. The zero-order valence-corrected chi connectivity index (χ0v) is 18.6. The van der Waals surface area contributed by atoms with Crippen LogP contribution < -0.4 is 15.5 Å². The van der Waals surface area contributed by atoms with Gasteiger partial charge in [0.1, 0.15) is 0 Å².